The third-order valence-corrected chi connectivity index (χ3v) is 7.01. The second-order valence-corrected chi connectivity index (χ2v) is 13.7. The Morgan fingerprint density at radius 3 is 2.23 bits per heavy atom. The second-order valence-electron chi connectivity index (χ2n) is 13.7. The summed E-state index contributed by atoms with van der Waals surface area (Å²) in [5, 5.41) is 62.0. The Labute approximate surface area is 278 Å². The van der Waals surface area contributed by atoms with Gasteiger partial charge in [0.25, 0.3) is 0 Å². The number of carbonyl (C=O) groups is 4. The maximum absolute atomic E-state index is 13.8. The molecule has 0 saturated carbocycles. The lowest BCUT2D eigenvalue weighted by atomic mass is 9.95. The monoisotopic (exact) mass is 674 g/mol. The number of ether oxygens (including phenoxy) is 2. The summed E-state index contributed by atoms with van der Waals surface area (Å²) >= 11 is 0. The normalized spacial score (nSPS) is 20.3. The number of fused-ring (bicyclic) bond motifs is 5. The Kier molecular flexibility index (Phi) is 12.4. The van der Waals surface area contributed by atoms with Gasteiger partial charge >= 0.3 is 12.1 Å². The number of carboxylic acid groups (broad SMARTS) is 1. The average molecular weight is 675 g/mol. The van der Waals surface area contributed by atoms with Gasteiger partial charge < -0.3 is 51.0 Å². The molecule has 5 atom stereocenters. The van der Waals surface area contributed by atoms with Crippen LogP contribution in [-0.4, -0.2) is 97.8 Å². The Bertz CT molecular complexity index is 1480. The van der Waals surface area contributed by atoms with E-state index in [4.69, 9.17) is 9.47 Å². The fourth-order valence-corrected chi connectivity index (χ4v) is 4.95. The van der Waals surface area contributed by atoms with Crippen molar-refractivity contribution in [3.8, 4) is 22.6 Å². The molecule has 2 aromatic carbocycles. The maximum Gasteiger partial charge on any atom is 0.408 e. The molecule has 0 spiro atoms. The van der Waals surface area contributed by atoms with Gasteiger partial charge in [-0.15, -0.1) is 0 Å². The number of hydrogen-bond acceptors (Lipinski definition) is 11. The summed E-state index contributed by atoms with van der Waals surface area (Å²) in [6.07, 6.45) is -4.77. The molecule has 15 nitrogen and oxygen atoms in total. The molecule has 0 aromatic heterocycles. The molecule has 1 unspecified atom stereocenters. The zero-order valence-electron chi connectivity index (χ0n) is 27.9. The third kappa shape index (κ3) is 12.0. The SMILES string of the molecule is CC(C)(C)OC(=O)N[C@H]1Cc2cc(ccc2O)-c2cc(O)cc(c2)C[C@@H](C(=O)O)NC(=O)[C@H](C[C@@H](O)CNC(O)OC(C)(C)C)NC1=O. The first-order valence-corrected chi connectivity index (χ1v) is 15.4. The zero-order chi connectivity index (χ0) is 36.0. The molecule has 15 heteroatoms. The Hall–Kier alpha value is -4.44. The quantitative estimate of drug-likeness (QED) is 0.180. The van der Waals surface area contributed by atoms with E-state index in [1.165, 1.54) is 18.2 Å². The molecule has 0 fully saturated rings. The van der Waals surface area contributed by atoms with E-state index in [9.17, 15) is 44.7 Å². The van der Waals surface area contributed by atoms with Crippen LogP contribution in [0.25, 0.3) is 11.1 Å². The third-order valence-electron chi connectivity index (χ3n) is 7.01. The Morgan fingerprint density at radius 1 is 0.917 bits per heavy atom. The van der Waals surface area contributed by atoms with Crippen molar-refractivity contribution >= 4 is 23.9 Å². The summed E-state index contributed by atoms with van der Waals surface area (Å²) in [5.41, 5.74) is -0.0878. The summed E-state index contributed by atoms with van der Waals surface area (Å²) in [7, 11) is 0. The Morgan fingerprint density at radius 2 is 1.60 bits per heavy atom. The molecular formula is C33H46N4O11. The number of amides is 3. The first kappa shape index (κ1) is 38.0. The van der Waals surface area contributed by atoms with E-state index >= 15 is 0 Å². The van der Waals surface area contributed by atoms with Crippen molar-refractivity contribution in [3.05, 3.63) is 47.5 Å². The molecule has 0 aliphatic carbocycles. The van der Waals surface area contributed by atoms with Gasteiger partial charge in [0.05, 0.1) is 11.7 Å². The highest BCUT2D eigenvalue weighted by atomic mass is 16.6. The van der Waals surface area contributed by atoms with E-state index in [-0.39, 0.29) is 36.4 Å². The van der Waals surface area contributed by atoms with Crippen LogP contribution < -0.4 is 21.3 Å². The van der Waals surface area contributed by atoms with Crippen LogP contribution in [0.2, 0.25) is 0 Å². The molecule has 2 aromatic rings. The molecule has 3 rings (SSSR count). The fourth-order valence-electron chi connectivity index (χ4n) is 4.95. The Balaban J connectivity index is 2.04. The van der Waals surface area contributed by atoms with E-state index < -0.39 is 72.1 Å². The summed E-state index contributed by atoms with van der Waals surface area (Å²) < 4.78 is 10.7. The van der Waals surface area contributed by atoms with Crippen molar-refractivity contribution in [1.29, 1.82) is 0 Å². The van der Waals surface area contributed by atoms with Crippen LogP contribution in [-0.2, 0) is 36.7 Å². The summed E-state index contributed by atoms with van der Waals surface area (Å²) in [5.74, 6) is -3.64. The maximum atomic E-state index is 13.8. The number of aliphatic hydroxyl groups is 2. The number of nitrogens with one attached hydrogen (secondary N) is 4. The zero-order valence-corrected chi connectivity index (χ0v) is 27.9. The second kappa shape index (κ2) is 15.6. The van der Waals surface area contributed by atoms with Gasteiger partial charge in [-0.05, 0) is 88.1 Å². The molecule has 48 heavy (non-hydrogen) atoms. The molecule has 3 amide bonds. The van der Waals surface area contributed by atoms with E-state index in [1.807, 2.05) is 0 Å². The number of aliphatic hydroxyl groups excluding tert-OH is 2. The van der Waals surface area contributed by atoms with Crippen molar-refractivity contribution in [2.24, 2.45) is 0 Å². The predicted octanol–water partition coefficient (Wildman–Crippen LogP) is 1.24. The van der Waals surface area contributed by atoms with Crippen molar-refractivity contribution < 1.29 is 54.2 Å². The fraction of sp³-hybridized carbons (Fsp3) is 0.515. The van der Waals surface area contributed by atoms with Gasteiger partial charge in [0, 0.05) is 25.8 Å². The summed E-state index contributed by atoms with van der Waals surface area (Å²) in [6.45, 7) is 9.71. The summed E-state index contributed by atoms with van der Waals surface area (Å²) in [4.78, 5) is 52.5. The standard InChI is InChI=1S/C33H46N4O11/c1-32(2,3)47-30(45)34-16-22(39)15-24-28(42)36-25(29(43)44)11-17-9-19(13-21(38)10-17)18-7-8-26(40)20(12-18)14-23(27(41)35-24)37-31(46)48-33(4,5)6/h7-10,12-13,22-25,30,34,38-40,45H,11,14-16H2,1-6H3,(H,35,41)(H,36,42)(H,37,46)(H,43,44)/t22-,23+,24+,25+,30?/m1/s1. The van der Waals surface area contributed by atoms with Crippen LogP contribution in [0.1, 0.15) is 59.1 Å². The van der Waals surface area contributed by atoms with Crippen LogP contribution >= 0.6 is 0 Å². The molecule has 264 valence electrons. The average Bonchev–Trinajstić information content (AvgIpc) is 2.93. The highest BCUT2D eigenvalue weighted by Crippen LogP contribution is 2.31. The van der Waals surface area contributed by atoms with Crippen molar-refractivity contribution in [2.75, 3.05) is 6.54 Å². The largest absolute Gasteiger partial charge is 0.508 e. The van der Waals surface area contributed by atoms with E-state index in [1.54, 1.807) is 59.7 Å². The lowest BCUT2D eigenvalue weighted by molar-refractivity contribution is -0.183. The number of carboxylic acids is 1. The van der Waals surface area contributed by atoms with E-state index in [0.717, 1.165) is 0 Å². The van der Waals surface area contributed by atoms with E-state index in [0.29, 0.717) is 16.7 Å². The van der Waals surface area contributed by atoms with Crippen LogP contribution in [0, 0.1) is 0 Å². The van der Waals surface area contributed by atoms with Gasteiger partial charge in [-0.25, -0.2) is 9.59 Å². The minimum absolute atomic E-state index is 0.177. The van der Waals surface area contributed by atoms with Gasteiger partial charge in [-0.1, -0.05) is 12.1 Å². The lowest BCUT2D eigenvalue weighted by Crippen LogP contribution is -2.57. The van der Waals surface area contributed by atoms with Crippen molar-refractivity contribution in [3.63, 3.8) is 0 Å². The number of phenolic OH excluding ortho intramolecular Hbond substituents is 2. The first-order chi connectivity index (χ1) is 22.2. The topological polar surface area (TPSA) is 236 Å². The first-order valence-electron chi connectivity index (χ1n) is 15.4. The van der Waals surface area contributed by atoms with Crippen LogP contribution in [0.5, 0.6) is 11.5 Å². The predicted molar refractivity (Wildman–Crippen MR) is 173 cm³/mol. The molecule has 0 radical (unpaired) electrons. The smallest absolute Gasteiger partial charge is 0.408 e. The highest BCUT2D eigenvalue weighted by Gasteiger charge is 2.33. The van der Waals surface area contributed by atoms with Crippen molar-refractivity contribution in [1.82, 2.24) is 21.3 Å². The highest BCUT2D eigenvalue weighted by molar-refractivity contribution is 5.93. The lowest BCUT2D eigenvalue weighted by Gasteiger charge is -2.28. The van der Waals surface area contributed by atoms with Crippen LogP contribution in [0.4, 0.5) is 4.79 Å². The minimum atomic E-state index is -1.54. The minimum Gasteiger partial charge on any atom is -0.508 e. The van der Waals surface area contributed by atoms with Gasteiger partial charge in [0.15, 0.2) is 0 Å². The number of carbonyl (C=O) groups excluding carboxylic acids is 3. The molecule has 1 heterocycles. The number of hydrogen-bond donors (Lipinski definition) is 9. The number of aliphatic carboxylic acids is 1. The number of benzene rings is 2. The summed E-state index contributed by atoms with van der Waals surface area (Å²) in [6, 6.07) is 4.44. The van der Waals surface area contributed by atoms with Crippen molar-refractivity contribution in [2.45, 2.75) is 103 Å². The van der Waals surface area contributed by atoms with Gasteiger partial charge in [-0.2, -0.15) is 0 Å². The number of rotatable bonds is 8. The number of aromatic hydroxyl groups is 2. The van der Waals surface area contributed by atoms with E-state index in [2.05, 4.69) is 21.3 Å². The number of alkyl carbamates (subject to hydrolysis) is 1. The molecule has 1 aliphatic rings. The van der Waals surface area contributed by atoms with Gasteiger partial charge in [0.1, 0.15) is 35.2 Å². The molecule has 1 aliphatic heterocycles. The number of phenols is 2. The van der Waals surface area contributed by atoms with Crippen LogP contribution in [0.3, 0.4) is 0 Å². The van der Waals surface area contributed by atoms with Crippen LogP contribution in [0.15, 0.2) is 36.4 Å². The molecular weight excluding hydrogens is 628 g/mol. The van der Waals surface area contributed by atoms with Gasteiger partial charge in [0.2, 0.25) is 18.2 Å². The molecule has 4 bridgehead atoms. The molecule has 9 N–H and O–H groups in total. The van der Waals surface area contributed by atoms with Gasteiger partial charge in [-0.3, -0.25) is 14.9 Å². The molecule has 0 saturated heterocycles.